The van der Waals surface area contributed by atoms with Gasteiger partial charge in [0, 0.05) is 5.69 Å². The number of nitrogens with zero attached hydrogens (tertiary/aromatic N) is 4. The normalized spacial score (nSPS) is 11.1. The first kappa shape index (κ1) is 12.0. The average Bonchev–Trinajstić information content (AvgIpc) is 2.76. The summed E-state index contributed by atoms with van der Waals surface area (Å²) in [4.78, 5) is 3.50. The summed E-state index contributed by atoms with van der Waals surface area (Å²) in [6, 6.07) is 5.89. The van der Waals surface area contributed by atoms with Crippen molar-refractivity contribution in [1.29, 1.82) is 5.26 Å². The molecule has 1 aromatic heterocycles. The number of benzene rings is 1. The molecule has 9 heteroatoms. The third-order valence-corrected chi connectivity index (χ3v) is 3.07. The summed E-state index contributed by atoms with van der Waals surface area (Å²) >= 11 is 0. The number of aromatic nitrogens is 3. The van der Waals surface area contributed by atoms with Gasteiger partial charge in [-0.25, -0.2) is 23.2 Å². The average molecular weight is 264 g/mol. The standard InChI is InChI=1S/C9H8N6O2S/c10-4-9-13-5-15(14-9)7-2-1-6(11)3-8(7)18(12,16)17/h1-3,5H,11H2,(H2,12,16,17). The lowest BCUT2D eigenvalue weighted by atomic mass is 10.3. The Bertz CT molecular complexity index is 743. The lowest BCUT2D eigenvalue weighted by Crippen LogP contribution is -2.16. The molecule has 0 aliphatic heterocycles. The van der Waals surface area contributed by atoms with Crippen LogP contribution in [0.15, 0.2) is 29.4 Å². The maximum Gasteiger partial charge on any atom is 0.252 e. The highest BCUT2D eigenvalue weighted by Gasteiger charge is 2.17. The second kappa shape index (κ2) is 4.10. The molecule has 18 heavy (non-hydrogen) atoms. The number of sulfonamides is 1. The molecule has 0 saturated heterocycles. The highest BCUT2D eigenvalue weighted by atomic mass is 32.2. The zero-order valence-corrected chi connectivity index (χ0v) is 9.79. The smallest absolute Gasteiger partial charge is 0.252 e. The third kappa shape index (κ3) is 2.15. The fourth-order valence-corrected chi connectivity index (χ4v) is 2.13. The second-order valence-electron chi connectivity index (χ2n) is 3.40. The van der Waals surface area contributed by atoms with Gasteiger partial charge in [-0.3, -0.25) is 0 Å². The number of nitrogens with two attached hydrogens (primary N) is 2. The topological polar surface area (TPSA) is 141 Å². The molecule has 0 aliphatic rings. The summed E-state index contributed by atoms with van der Waals surface area (Å²) in [5.74, 6) is -0.0767. The zero-order valence-electron chi connectivity index (χ0n) is 8.98. The van der Waals surface area contributed by atoms with Crippen LogP contribution in [0, 0.1) is 11.3 Å². The van der Waals surface area contributed by atoms with Crippen molar-refractivity contribution in [3.05, 3.63) is 30.4 Å². The Morgan fingerprint density at radius 1 is 1.39 bits per heavy atom. The summed E-state index contributed by atoms with van der Waals surface area (Å²) in [6.07, 6.45) is 1.22. The number of rotatable bonds is 2. The summed E-state index contributed by atoms with van der Waals surface area (Å²) in [5.41, 5.74) is 5.95. The van der Waals surface area contributed by atoms with E-state index in [1.165, 1.54) is 24.5 Å². The summed E-state index contributed by atoms with van der Waals surface area (Å²) in [5, 5.41) is 17.5. The SMILES string of the molecule is N#Cc1ncn(-c2ccc(N)cc2S(N)(=O)=O)n1. The molecule has 0 atom stereocenters. The Morgan fingerprint density at radius 3 is 2.67 bits per heavy atom. The minimum Gasteiger partial charge on any atom is -0.399 e. The third-order valence-electron chi connectivity index (χ3n) is 2.13. The van der Waals surface area contributed by atoms with Gasteiger partial charge in [-0.05, 0) is 18.2 Å². The lowest BCUT2D eigenvalue weighted by molar-refractivity contribution is 0.596. The van der Waals surface area contributed by atoms with Crippen molar-refractivity contribution < 1.29 is 8.42 Å². The molecular formula is C9H8N6O2S. The van der Waals surface area contributed by atoms with Crippen LogP contribution in [0.4, 0.5) is 5.69 Å². The van der Waals surface area contributed by atoms with Crippen LogP contribution in [-0.4, -0.2) is 23.2 Å². The molecule has 1 aromatic carbocycles. The molecule has 92 valence electrons. The van der Waals surface area contributed by atoms with E-state index in [1.54, 1.807) is 6.07 Å². The first-order valence-corrected chi connectivity index (χ1v) is 6.21. The fraction of sp³-hybridized carbons (Fsp3) is 0. The Kier molecular flexibility index (Phi) is 2.74. The Labute approximate surface area is 103 Å². The van der Waals surface area contributed by atoms with Crippen molar-refractivity contribution in [1.82, 2.24) is 14.8 Å². The van der Waals surface area contributed by atoms with E-state index in [0.717, 1.165) is 4.68 Å². The van der Waals surface area contributed by atoms with E-state index < -0.39 is 10.0 Å². The molecule has 0 aliphatic carbocycles. The first-order valence-electron chi connectivity index (χ1n) is 4.66. The van der Waals surface area contributed by atoms with E-state index in [-0.39, 0.29) is 22.1 Å². The summed E-state index contributed by atoms with van der Waals surface area (Å²) < 4.78 is 24.1. The monoisotopic (exact) mass is 264 g/mol. The van der Waals surface area contributed by atoms with E-state index in [0.29, 0.717) is 0 Å². The molecule has 0 amide bonds. The number of nitriles is 1. The molecule has 0 spiro atoms. The minimum atomic E-state index is -3.95. The van der Waals surface area contributed by atoms with Crippen LogP contribution in [-0.2, 0) is 10.0 Å². The predicted octanol–water partition coefficient (Wildman–Crippen LogP) is -0.631. The van der Waals surface area contributed by atoms with Crippen LogP contribution in [0.25, 0.3) is 5.69 Å². The predicted molar refractivity (Wildman–Crippen MR) is 61.9 cm³/mol. The van der Waals surface area contributed by atoms with Gasteiger partial charge in [0.25, 0.3) is 5.82 Å². The van der Waals surface area contributed by atoms with Crippen molar-refractivity contribution in [2.75, 3.05) is 5.73 Å². The Hall–Kier alpha value is -2.44. The first-order chi connectivity index (χ1) is 8.41. The van der Waals surface area contributed by atoms with Crippen LogP contribution in [0.2, 0.25) is 0 Å². The second-order valence-corrected chi connectivity index (χ2v) is 4.93. The van der Waals surface area contributed by atoms with E-state index in [2.05, 4.69) is 10.1 Å². The molecule has 0 fully saturated rings. The molecule has 8 nitrogen and oxygen atoms in total. The number of hydrogen-bond donors (Lipinski definition) is 2. The zero-order chi connectivity index (χ0) is 13.3. The van der Waals surface area contributed by atoms with Gasteiger partial charge in [0.15, 0.2) is 0 Å². The van der Waals surface area contributed by atoms with Crippen LogP contribution < -0.4 is 10.9 Å². The van der Waals surface area contributed by atoms with Gasteiger partial charge < -0.3 is 5.73 Å². The molecule has 0 bridgehead atoms. The van der Waals surface area contributed by atoms with Crippen molar-refractivity contribution in [2.45, 2.75) is 4.90 Å². The number of anilines is 1. The van der Waals surface area contributed by atoms with E-state index >= 15 is 0 Å². The highest BCUT2D eigenvalue weighted by molar-refractivity contribution is 7.89. The molecule has 2 aromatic rings. The summed E-state index contributed by atoms with van der Waals surface area (Å²) in [6.45, 7) is 0. The van der Waals surface area contributed by atoms with E-state index in [4.69, 9.17) is 16.1 Å². The minimum absolute atomic E-state index is 0.0767. The van der Waals surface area contributed by atoms with Gasteiger partial charge in [0.1, 0.15) is 17.3 Å². The number of nitrogen functional groups attached to an aromatic ring is 1. The van der Waals surface area contributed by atoms with Crippen molar-refractivity contribution in [3.63, 3.8) is 0 Å². The van der Waals surface area contributed by atoms with Crippen molar-refractivity contribution >= 4 is 15.7 Å². The molecule has 0 unspecified atom stereocenters. The van der Waals surface area contributed by atoms with Crippen molar-refractivity contribution in [2.24, 2.45) is 5.14 Å². The van der Waals surface area contributed by atoms with Crippen LogP contribution in [0.3, 0.4) is 0 Å². The van der Waals surface area contributed by atoms with Gasteiger partial charge in [-0.15, -0.1) is 5.10 Å². The van der Waals surface area contributed by atoms with Crippen molar-refractivity contribution in [3.8, 4) is 11.8 Å². The van der Waals surface area contributed by atoms with E-state index in [9.17, 15) is 8.42 Å². The van der Waals surface area contributed by atoms with Gasteiger partial charge in [-0.2, -0.15) is 5.26 Å². The number of primary sulfonamides is 1. The van der Waals surface area contributed by atoms with Gasteiger partial charge in [-0.1, -0.05) is 0 Å². The molecule has 0 radical (unpaired) electrons. The largest absolute Gasteiger partial charge is 0.399 e. The Balaban J connectivity index is 2.69. The fourth-order valence-electron chi connectivity index (χ4n) is 1.38. The molecule has 4 N–H and O–H groups in total. The van der Waals surface area contributed by atoms with Gasteiger partial charge >= 0.3 is 0 Å². The quantitative estimate of drug-likeness (QED) is 0.691. The summed E-state index contributed by atoms with van der Waals surface area (Å²) in [7, 11) is -3.95. The number of hydrogen-bond acceptors (Lipinski definition) is 6. The maximum atomic E-state index is 11.5. The van der Waals surface area contributed by atoms with E-state index in [1.807, 2.05) is 0 Å². The molecule has 2 rings (SSSR count). The van der Waals surface area contributed by atoms with Crippen LogP contribution in [0.1, 0.15) is 5.82 Å². The van der Waals surface area contributed by atoms with Gasteiger partial charge in [0.05, 0.1) is 5.69 Å². The lowest BCUT2D eigenvalue weighted by Gasteiger charge is -2.07. The molecule has 0 saturated carbocycles. The molecule has 1 heterocycles. The Morgan fingerprint density at radius 2 is 2.11 bits per heavy atom. The van der Waals surface area contributed by atoms with Crippen LogP contribution >= 0.6 is 0 Å². The highest BCUT2D eigenvalue weighted by Crippen LogP contribution is 2.20. The van der Waals surface area contributed by atoms with Gasteiger partial charge in [0.2, 0.25) is 10.0 Å². The molecular weight excluding hydrogens is 256 g/mol. The maximum absolute atomic E-state index is 11.5. The van der Waals surface area contributed by atoms with Crippen LogP contribution in [0.5, 0.6) is 0 Å².